The Morgan fingerprint density at radius 1 is 1.40 bits per heavy atom. The lowest BCUT2D eigenvalue weighted by molar-refractivity contribution is 0.413. The highest BCUT2D eigenvalue weighted by Gasteiger charge is 2.10. The number of hydrogen-bond donors (Lipinski definition) is 0. The summed E-state index contributed by atoms with van der Waals surface area (Å²) in [5.41, 5.74) is 1.78. The second-order valence-electron chi connectivity index (χ2n) is 3.22. The van der Waals surface area contributed by atoms with Gasteiger partial charge >= 0.3 is 0 Å². The van der Waals surface area contributed by atoms with Crippen molar-refractivity contribution in [3.05, 3.63) is 33.4 Å². The Morgan fingerprint density at radius 3 is 2.80 bits per heavy atom. The summed E-state index contributed by atoms with van der Waals surface area (Å²) in [5.74, 6) is 0.759. The number of rotatable bonds is 1. The summed E-state index contributed by atoms with van der Waals surface area (Å²) in [6.07, 6.45) is 0. The fourth-order valence-corrected chi connectivity index (χ4v) is 2.68. The van der Waals surface area contributed by atoms with Crippen LogP contribution in [0.3, 0.4) is 0 Å². The van der Waals surface area contributed by atoms with Gasteiger partial charge < -0.3 is 4.74 Å². The van der Waals surface area contributed by atoms with Crippen LogP contribution >= 0.6 is 27.5 Å². The lowest BCUT2D eigenvalue weighted by atomic mass is 10.2. The van der Waals surface area contributed by atoms with Crippen LogP contribution in [0.1, 0.15) is 5.69 Å². The summed E-state index contributed by atoms with van der Waals surface area (Å²) < 4.78 is 6.05. The van der Waals surface area contributed by atoms with Crippen LogP contribution in [0.15, 0.2) is 22.7 Å². The van der Waals surface area contributed by atoms with E-state index in [1.807, 2.05) is 25.1 Å². The topological polar surface area (TPSA) is 22.1 Å². The molecular weight excluding hydrogens is 277 g/mol. The van der Waals surface area contributed by atoms with Crippen LogP contribution in [0.2, 0.25) is 5.02 Å². The molecular formula is C11H9BrClNO. The summed E-state index contributed by atoms with van der Waals surface area (Å²) in [7, 11) is 1.63. The number of aromatic nitrogens is 1. The summed E-state index contributed by atoms with van der Waals surface area (Å²) in [4.78, 5) is 4.40. The van der Waals surface area contributed by atoms with Gasteiger partial charge in [-0.05, 0) is 41.1 Å². The number of methoxy groups -OCH3 is 1. The van der Waals surface area contributed by atoms with Gasteiger partial charge in [-0.1, -0.05) is 11.6 Å². The van der Waals surface area contributed by atoms with Gasteiger partial charge in [-0.25, -0.2) is 0 Å². The first-order valence-electron chi connectivity index (χ1n) is 4.43. The number of benzene rings is 1. The molecule has 0 saturated heterocycles. The number of halogens is 2. The van der Waals surface area contributed by atoms with E-state index in [0.29, 0.717) is 5.02 Å². The van der Waals surface area contributed by atoms with Crippen molar-refractivity contribution in [2.45, 2.75) is 6.92 Å². The molecule has 0 aliphatic carbocycles. The van der Waals surface area contributed by atoms with Crippen LogP contribution in [0.4, 0.5) is 0 Å². The van der Waals surface area contributed by atoms with Crippen molar-refractivity contribution in [1.82, 2.24) is 4.98 Å². The van der Waals surface area contributed by atoms with E-state index in [4.69, 9.17) is 16.3 Å². The first-order chi connectivity index (χ1) is 7.13. The lowest BCUT2D eigenvalue weighted by Crippen LogP contribution is -1.89. The minimum atomic E-state index is 0.684. The van der Waals surface area contributed by atoms with Gasteiger partial charge in [-0.3, -0.25) is 4.98 Å². The van der Waals surface area contributed by atoms with Crippen molar-refractivity contribution < 1.29 is 4.74 Å². The van der Waals surface area contributed by atoms with Gasteiger partial charge in [-0.15, -0.1) is 0 Å². The summed E-state index contributed by atoms with van der Waals surface area (Å²) in [5, 5.41) is 1.57. The molecule has 2 aromatic rings. The van der Waals surface area contributed by atoms with Gasteiger partial charge in [-0.2, -0.15) is 0 Å². The fraction of sp³-hybridized carbons (Fsp3) is 0.182. The maximum absolute atomic E-state index is 6.17. The predicted octanol–water partition coefficient (Wildman–Crippen LogP) is 3.97. The zero-order valence-corrected chi connectivity index (χ0v) is 10.7. The monoisotopic (exact) mass is 285 g/mol. The fourth-order valence-electron chi connectivity index (χ4n) is 1.50. The summed E-state index contributed by atoms with van der Waals surface area (Å²) in [6, 6.07) is 5.61. The van der Waals surface area contributed by atoms with E-state index in [0.717, 1.165) is 26.8 Å². The van der Waals surface area contributed by atoms with Gasteiger partial charge in [0.2, 0.25) is 0 Å². The van der Waals surface area contributed by atoms with Crippen molar-refractivity contribution in [2.24, 2.45) is 0 Å². The first-order valence-corrected chi connectivity index (χ1v) is 5.60. The average Bonchev–Trinajstić information content (AvgIpc) is 2.17. The number of nitrogens with zero attached hydrogens (tertiary/aromatic N) is 1. The molecule has 0 atom stereocenters. The highest BCUT2D eigenvalue weighted by Crippen LogP contribution is 2.36. The molecule has 78 valence electrons. The minimum absolute atomic E-state index is 0.684. The van der Waals surface area contributed by atoms with Gasteiger partial charge in [0.25, 0.3) is 0 Å². The molecule has 0 aliphatic heterocycles. The van der Waals surface area contributed by atoms with Crippen LogP contribution in [0.25, 0.3) is 10.9 Å². The van der Waals surface area contributed by atoms with E-state index < -0.39 is 0 Å². The summed E-state index contributed by atoms with van der Waals surface area (Å²) in [6.45, 7) is 1.92. The van der Waals surface area contributed by atoms with E-state index in [9.17, 15) is 0 Å². The first kappa shape index (κ1) is 10.7. The number of hydrogen-bond acceptors (Lipinski definition) is 2. The number of fused-ring (bicyclic) bond motifs is 1. The quantitative estimate of drug-likeness (QED) is 0.791. The largest absolute Gasteiger partial charge is 0.496 e. The Hall–Kier alpha value is -0.800. The molecule has 0 radical (unpaired) electrons. The van der Waals surface area contributed by atoms with Crippen LogP contribution in [0.5, 0.6) is 5.75 Å². The van der Waals surface area contributed by atoms with Gasteiger partial charge in [0.15, 0.2) is 0 Å². The molecule has 1 aromatic carbocycles. The summed E-state index contributed by atoms with van der Waals surface area (Å²) >= 11 is 9.64. The van der Waals surface area contributed by atoms with Crippen LogP contribution in [0, 0.1) is 6.92 Å². The van der Waals surface area contributed by atoms with Crippen molar-refractivity contribution in [2.75, 3.05) is 7.11 Å². The molecule has 4 heteroatoms. The second kappa shape index (κ2) is 3.99. The third-order valence-corrected chi connectivity index (χ3v) is 3.26. The zero-order valence-electron chi connectivity index (χ0n) is 8.34. The van der Waals surface area contributed by atoms with Gasteiger partial charge in [0.05, 0.1) is 22.1 Å². The van der Waals surface area contributed by atoms with Crippen LogP contribution < -0.4 is 4.74 Å². The van der Waals surface area contributed by atoms with Crippen molar-refractivity contribution in [3.8, 4) is 5.75 Å². The molecule has 0 aliphatic rings. The number of pyridine rings is 1. The minimum Gasteiger partial charge on any atom is -0.496 e. The van der Waals surface area contributed by atoms with Crippen LogP contribution in [-0.2, 0) is 0 Å². The van der Waals surface area contributed by atoms with Crippen LogP contribution in [-0.4, -0.2) is 12.1 Å². The van der Waals surface area contributed by atoms with Crippen molar-refractivity contribution >= 4 is 38.4 Å². The maximum atomic E-state index is 6.17. The molecule has 0 unspecified atom stereocenters. The highest BCUT2D eigenvalue weighted by atomic mass is 79.9. The molecule has 0 spiro atoms. The Kier molecular flexibility index (Phi) is 2.85. The zero-order chi connectivity index (χ0) is 11.0. The lowest BCUT2D eigenvalue weighted by Gasteiger charge is -2.08. The van der Waals surface area contributed by atoms with E-state index in [-0.39, 0.29) is 0 Å². The molecule has 1 aromatic heterocycles. The van der Waals surface area contributed by atoms with Gasteiger partial charge in [0.1, 0.15) is 5.75 Å². The Morgan fingerprint density at radius 2 is 2.13 bits per heavy atom. The van der Waals surface area contributed by atoms with E-state index >= 15 is 0 Å². The SMILES string of the molecule is COc1ccc2nc(C)cc(Cl)c2c1Br. The standard InChI is InChI=1S/C11H9BrClNO/c1-6-5-7(13)10-8(14-6)3-4-9(15-2)11(10)12/h3-5H,1-2H3. The molecule has 0 saturated carbocycles. The third-order valence-electron chi connectivity index (χ3n) is 2.18. The third kappa shape index (κ3) is 1.82. The molecule has 0 bridgehead atoms. The smallest absolute Gasteiger partial charge is 0.133 e. The molecule has 0 fully saturated rings. The van der Waals surface area contributed by atoms with E-state index in [1.165, 1.54) is 0 Å². The normalized spacial score (nSPS) is 10.7. The molecule has 0 amide bonds. The Bertz CT molecular complexity index is 527. The van der Waals surface area contributed by atoms with Crippen molar-refractivity contribution in [3.63, 3.8) is 0 Å². The van der Waals surface area contributed by atoms with E-state index in [2.05, 4.69) is 20.9 Å². The van der Waals surface area contributed by atoms with Gasteiger partial charge in [0, 0.05) is 11.1 Å². The molecule has 2 nitrogen and oxygen atoms in total. The number of ether oxygens (including phenoxy) is 1. The van der Waals surface area contributed by atoms with Crippen molar-refractivity contribution in [1.29, 1.82) is 0 Å². The number of aryl methyl sites for hydroxylation is 1. The van der Waals surface area contributed by atoms with E-state index in [1.54, 1.807) is 7.11 Å². The molecule has 15 heavy (non-hydrogen) atoms. The second-order valence-corrected chi connectivity index (χ2v) is 4.42. The average molecular weight is 287 g/mol. The Balaban J connectivity index is 2.87. The molecule has 2 rings (SSSR count). The maximum Gasteiger partial charge on any atom is 0.133 e. The Labute approximate surface area is 101 Å². The highest BCUT2D eigenvalue weighted by molar-refractivity contribution is 9.10. The molecule has 1 heterocycles. The predicted molar refractivity (Wildman–Crippen MR) is 65.7 cm³/mol. The molecule has 0 N–H and O–H groups in total.